The molecule has 2 aromatic carbocycles. The third-order valence-corrected chi connectivity index (χ3v) is 8.64. The average Bonchev–Trinajstić information content (AvgIpc) is 3.56. The number of allylic oxidation sites excluding steroid dienone is 1. The van der Waals surface area contributed by atoms with Crippen molar-refractivity contribution in [3.05, 3.63) is 69.2 Å². The van der Waals surface area contributed by atoms with Crippen LogP contribution in [0, 0.1) is 0 Å². The number of H-pyrrole nitrogens is 1. The number of nitrogens with one attached hydrogen (secondary N) is 1. The smallest absolute Gasteiger partial charge is 0.416 e. The molecule has 2 amide bonds. The third-order valence-electron chi connectivity index (χ3n) is 7.24. The third kappa shape index (κ3) is 6.85. The molecule has 3 heterocycles. The molecule has 1 N–H and O–H groups in total. The van der Waals surface area contributed by atoms with Gasteiger partial charge in [-0.05, 0) is 86.3 Å². The standard InChI is InChI=1S/C30H31ClF3N5O3S/c1-5-21-16-38(10-11-39(21)28(41)42-29(2,3)4)27-36-26(40)25(43-27)22(17-7-9-24-19(12-17)15-35-37-24)13-18-6-8-20(31)14-23(18)30(32,33)34/h6-9,12,14-15,21H,5,10-11,13,16H2,1-4H3,(H,35,37). The summed E-state index contributed by atoms with van der Waals surface area (Å²) in [6.07, 6.45) is -2.92. The lowest BCUT2D eigenvalue weighted by molar-refractivity contribution is -0.138. The van der Waals surface area contributed by atoms with Crippen molar-refractivity contribution in [1.29, 1.82) is 0 Å². The highest BCUT2D eigenvalue weighted by Crippen LogP contribution is 2.41. The summed E-state index contributed by atoms with van der Waals surface area (Å²) in [5, 5.41) is 8.08. The molecule has 1 unspecified atom stereocenters. The summed E-state index contributed by atoms with van der Waals surface area (Å²) in [6, 6.07) is 8.82. The molecule has 1 fully saturated rings. The number of alkyl halides is 3. The summed E-state index contributed by atoms with van der Waals surface area (Å²) in [4.78, 5) is 34.5. The normalized spacial score (nSPS) is 19.2. The van der Waals surface area contributed by atoms with Crippen LogP contribution in [-0.4, -0.2) is 68.4 Å². The lowest BCUT2D eigenvalue weighted by Crippen LogP contribution is -2.56. The van der Waals surface area contributed by atoms with Gasteiger partial charge in [0, 0.05) is 30.0 Å². The maximum Gasteiger partial charge on any atom is 0.416 e. The molecule has 2 aliphatic heterocycles. The van der Waals surface area contributed by atoms with E-state index < -0.39 is 29.3 Å². The fourth-order valence-corrected chi connectivity index (χ4v) is 6.39. The van der Waals surface area contributed by atoms with Gasteiger partial charge in [0.25, 0.3) is 5.91 Å². The van der Waals surface area contributed by atoms with Crippen molar-refractivity contribution in [3.8, 4) is 0 Å². The zero-order chi connectivity index (χ0) is 31.1. The van der Waals surface area contributed by atoms with Crippen LogP contribution in [0.15, 0.2) is 52.5 Å². The number of carbonyl (C=O) groups is 2. The van der Waals surface area contributed by atoms with Gasteiger partial charge >= 0.3 is 12.3 Å². The Morgan fingerprint density at radius 3 is 2.63 bits per heavy atom. The van der Waals surface area contributed by atoms with Crippen molar-refractivity contribution in [3.63, 3.8) is 0 Å². The minimum Gasteiger partial charge on any atom is -0.444 e. The molecule has 5 rings (SSSR count). The maximum absolute atomic E-state index is 14.0. The van der Waals surface area contributed by atoms with E-state index in [9.17, 15) is 22.8 Å². The number of aliphatic imine (C=N–C) groups is 1. The van der Waals surface area contributed by atoms with Crippen molar-refractivity contribution in [1.82, 2.24) is 20.0 Å². The van der Waals surface area contributed by atoms with Crippen molar-refractivity contribution in [2.24, 2.45) is 4.99 Å². The summed E-state index contributed by atoms with van der Waals surface area (Å²) >= 11 is 7.08. The minimum atomic E-state index is -4.64. The van der Waals surface area contributed by atoms with Crippen LogP contribution in [0.25, 0.3) is 16.5 Å². The number of hydrogen-bond donors (Lipinski definition) is 1. The molecule has 13 heteroatoms. The van der Waals surface area contributed by atoms with E-state index in [0.29, 0.717) is 42.4 Å². The van der Waals surface area contributed by atoms with Gasteiger partial charge in [-0.15, -0.1) is 0 Å². The Balaban J connectivity index is 1.48. The zero-order valence-electron chi connectivity index (χ0n) is 24.1. The lowest BCUT2D eigenvalue weighted by atomic mass is 9.93. The number of benzene rings is 2. The fraction of sp³-hybridized carbons (Fsp3) is 0.400. The Morgan fingerprint density at radius 2 is 1.93 bits per heavy atom. The predicted octanol–water partition coefficient (Wildman–Crippen LogP) is 7.15. The van der Waals surface area contributed by atoms with E-state index >= 15 is 0 Å². The van der Waals surface area contributed by atoms with E-state index in [1.165, 1.54) is 12.1 Å². The number of piperazine rings is 1. The van der Waals surface area contributed by atoms with Gasteiger partial charge in [-0.3, -0.25) is 9.89 Å². The molecule has 43 heavy (non-hydrogen) atoms. The molecule has 1 atom stereocenters. The molecule has 0 aliphatic carbocycles. The van der Waals surface area contributed by atoms with Crippen LogP contribution in [0.3, 0.4) is 0 Å². The highest BCUT2D eigenvalue weighted by molar-refractivity contribution is 8.18. The molecule has 1 saturated heterocycles. The number of amides is 2. The molecule has 0 saturated carbocycles. The minimum absolute atomic E-state index is 0.00874. The molecule has 0 bridgehead atoms. The van der Waals surface area contributed by atoms with Crippen LogP contribution in [0.4, 0.5) is 18.0 Å². The number of ether oxygens (including phenoxy) is 1. The van der Waals surface area contributed by atoms with Crippen LogP contribution in [0.5, 0.6) is 0 Å². The first-order valence-corrected chi connectivity index (χ1v) is 15.0. The number of amidine groups is 1. The number of rotatable bonds is 4. The summed E-state index contributed by atoms with van der Waals surface area (Å²) in [6.45, 7) is 8.66. The van der Waals surface area contributed by atoms with E-state index in [1.807, 2.05) is 32.6 Å². The Morgan fingerprint density at radius 1 is 1.16 bits per heavy atom. The van der Waals surface area contributed by atoms with Crippen molar-refractivity contribution in [2.45, 2.75) is 58.4 Å². The van der Waals surface area contributed by atoms with Crippen molar-refractivity contribution < 1.29 is 27.5 Å². The van der Waals surface area contributed by atoms with Gasteiger partial charge < -0.3 is 14.5 Å². The number of thioether (sulfide) groups is 1. The topological polar surface area (TPSA) is 90.9 Å². The SMILES string of the molecule is CCC1CN(C2=NC(=O)C(=C(Cc3ccc(Cl)cc3C(F)(F)F)c3ccc4[nH]ncc4c3)S2)CCN1C(=O)OC(C)(C)C. The summed E-state index contributed by atoms with van der Waals surface area (Å²) in [7, 11) is 0. The van der Waals surface area contributed by atoms with Gasteiger partial charge in [0.1, 0.15) is 5.60 Å². The first-order valence-electron chi connectivity index (χ1n) is 13.8. The highest BCUT2D eigenvalue weighted by atomic mass is 35.5. The van der Waals surface area contributed by atoms with Gasteiger partial charge in [-0.2, -0.15) is 23.3 Å². The van der Waals surface area contributed by atoms with E-state index in [0.717, 1.165) is 28.7 Å². The summed E-state index contributed by atoms with van der Waals surface area (Å²) < 4.78 is 47.7. The van der Waals surface area contributed by atoms with Gasteiger partial charge in [0.2, 0.25) is 0 Å². The van der Waals surface area contributed by atoms with Gasteiger partial charge in [0.05, 0.1) is 28.2 Å². The van der Waals surface area contributed by atoms with E-state index in [2.05, 4.69) is 15.2 Å². The Kier molecular flexibility index (Phi) is 8.54. The second-order valence-electron chi connectivity index (χ2n) is 11.4. The number of halogens is 4. The Labute approximate surface area is 256 Å². The lowest BCUT2D eigenvalue weighted by Gasteiger charge is -2.41. The van der Waals surface area contributed by atoms with Crippen LogP contribution < -0.4 is 0 Å². The number of hydrogen-bond acceptors (Lipinski definition) is 6. The molecular formula is C30H31ClF3N5O3S. The zero-order valence-corrected chi connectivity index (χ0v) is 25.7. The summed E-state index contributed by atoms with van der Waals surface area (Å²) in [5.74, 6) is -0.521. The molecule has 2 aliphatic rings. The first kappa shape index (κ1) is 30.9. The Hall–Kier alpha value is -3.51. The van der Waals surface area contributed by atoms with Crippen LogP contribution in [0.2, 0.25) is 5.02 Å². The molecule has 8 nitrogen and oxygen atoms in total. The summed E-state index contributed by atoms with van der Waals surface area (Å²) in [5.41, 5.74) is 0.269. The van der Waals surface area contributed by atoms with Crippen molar-refractivity contribution in [2.75, 3.05) is 19.6 Å². The molecule has 228 valence electrons. The molecule has 0 spiro atoms. The monoisotopic (exact) mass is 633 g/mol. The van der Waals surface area contributed by atoms with Gasteiger partial charge in [-0.1, -0.05) is 30.7 Å². The van der Waals surface area contributed by atoms with E-state index in [-0.39, 0.29) is 28.0 Å². The van der Waals surface area contributed by atoms with Crippen LogP contribution in [0.1, 0.15) is 50.8 Å². The van der Waals surface area contributed by atoms with E-state index in [4.69, 9.17) is 16.3 Å². The predicted molar refractivity (Wildman–Crippen MR) is 162 cm³/mol. The number of nitrogens with zero attached hydrogens (tertiary/aromatic N) is 4. The van der Waals surface area contributed by atoms with E-state index in [1.54, 1.807) is 29.3 Å². The fourth-order valence-electron chi connectivity index (χ4n) is 5.16. The largest absolute Gasteiger partial charge is 0.444 e. The molecular weight excluding hydrogens is 603 g/mol. The maximum atomic E-state index is 14.0. The number of aromatic amines is 1. The molecule has 0 radical (unpaired) electrons. The number of fused-ring (bicyclic) bond motifs is 1. The average molecular weight is 634 g/mol. The second-order valence-corrected chi connectivity index (χ2v) is 12.9. The van der Waals surface area contributed by atoms with Crippen LogP contribution >= 0.6 is 23.4 Å². The van der Waals surface area contributed by atoms with Crippen LogP contribution in [-0.2, 0) is 22.1 Å². The molecule has 1 aromatic heterocycles. The number of aromatic nitrogens is 2. The highest BCUT2D eigenvalue weighted by Gasteiger charge is 2.38. The second kappa shape index (κ2) is 11.9. The van der Waals surface area contributed by atoms with Gasteiger partial charge in [0.15, 0.2) is 5.17 Å². The quantitative estimate of drug-likeness (QED) is 0.307. The van der Waals surface area contributed by atoms with Crippen molar-refractivity contribution >= 4 is 57.0 Å². The van der Waals surface area contributed by atoms with Gasteiger partial charge in [-0.25, -0.2) is 4.79 Å². The molecule has 3 aromatic rings. The Bertz CT molecular complexity index is 1630. The first-order chi connectivity index (χ1) is 20.2. The number of carbonyl (C=O) groups excluding carboxylic acids is 2.